The van der Waals surface area contributed by atoms with Crippen molar-refractivity contribution in [2.24, 2.45) is 0 Å². The molecule has 13 heavy (non-hydrogen) atoms. The van der Waals surface area contributed by atoms with Crippen molar-refractivity contribution >= 4 is 12.2 Å². The molecule has 0 saturated carbocycles. The first-order valence-electron chi connectivity index (χ1n) is 3.97. The molecule has 2 rings (SSSR count). The molecule has 0 atom stereocenters. The lowest BCUT2D eigenvalue weighted by Crippen LogP contribution is -1.90. The normalized spacial score (nSPS) is 10.2. The van der Waals surface area contributed by atoms with Gasteiger partial charge in [0, 0.05) is 12.4 Å². The molecular weight excluding hydrogens is 182 g/mol. The minimum atomic E-state index is 0.509. The van der Waals surface area contributed by atoms with Gasteiger partial charge >= 0.3 is 0 Å². The maximum Gasteiger partial charge on any atom is 0.197 e. The Bertz CT molecular complexity index is 456. The van der Waals surface area contributed by atoms with Crippen LogP contribution in [0.3, 0.4) is 0 Å². The molecule has 0 unspecified atom stereocenters. The van der Waals surface area contributed by atoms with Crippen LogP contribution in [-0.2, 0) is 0 Å². The molecule has 2 aromatic rings. The molecule has 0 bridgehead atoms. The zero-order valence-corrected chi connectivity index (χ0v) is 7.98. The van der Waals surface area contributed by atoms with Crippen LogP contribution in [0.1, 0.15) is 5.56 Å². The molecule has 0 saturated heterocycles. The zero-order chi connectivity index (χ0) is 9.26. The number of nitrogens with one attached hydrogen (secondary N) is 2. The first kappa shape index (κ1) is 8.19. The van der Waals surface area contributed by atoms with Crippen molar-refractivity contribution in [2.45, 2.75) is 6.92 Å². The lowest BCUT2D eigenvalue weighted by atomic mass is 10.2. The lowest BCUT2D eigenvalue weighted by molar-refractivity contribution is 1.10. The summed E-state index contributed by atoms with van der Waals surface area (Å²) in [7, 11) is 0. The van der Waals surface area contributed by atoms with E-state index in [9.17, 15) is 0 Å². The fraction of sp³-hybridized carbons (Fsp3) is 0.111. The van der Waals surface area contributed by atoms with Crippen molar-refractivity contribution < 1.29 is 0 Å². The quantitative estimate of drug-likeness (QED) is 0.680. The molecule has 0 aliphatic carbocycles. The van der Waals surface area contributed by atoms with E-state index in [-0.39, 0.29) is 0 Å². The topological polar surface area (TPSA) is 44.5 Å². The maximum atomic E-state index is 4.95. The van der Waals surface area contributed by atoms with Crippen molar-refractivity contribution in [3.63, 3.8) is 0 Å². The first-order chi connectivity index (χ1) is 6.27. The molecule has 66 valence electrons. The highest BCUT2D eigenvalue weighted by Crippen LogP contribution is 2.16. The van der Waals surface area contributed by atoms with E-state index in [0.717, 1.165) is 17.0 Å². The second-order valence-electron chi connectivity index (χ2n) is 2.83. The molecule has 4 heteroatoms. The highest BCUT2D eigenvalue weighted by molar-refractivity contribution is 7.71. The molecule has 0 amide bonds. The van der Waals surface area contributed by atoms with Crippen molar-refractivity contribution in [1.29, 1.82) is 0 Å². The molecule has 0 spiro atoms. The maximum absolute atomic E-state index is 4.95. The van der Waals surface area contributed by atoms with Crippen LogP contribution in [0.4, 0.5) is 0 Å². The summed E-state index contributed by atoms with van der Waals surface area (Å²) in [6.07, 6.45) is 3.65. The van der Waals surface area contributed by atoms with Crippen molar-refractivity contribution in [2.75, 3.05) is 0 Å². The Morgan fingerprint density at radius 1 is 1.46 bits per heavy atom. The van der Waals surface area contributed by atoms with Gasteiger partial charge in [-0.2, -0.15) is 0 Å². The van der Waals surface area contributed by atoms with E-state index in [1.54, 1.807) is 6.20 Å². The summed E-state index contributed by atoms with van der Waals surface area (Å²) in [5, 5.41) is 0. The monoisotopic (exact) mass is 191 g/mol. The third kappa shape index (κ3) is 1.53. The van der Waals surface area contributed by atoms with Crippen molar-refractivity contribution in [1.82, 2.24) is 15.0 Å². The molecule has 2 aromatic heterocycles. The molecule has 0 aliphatic rings. The Balaban J connectivity index is 2.64. The lowest BCUT2D eigenvalue weighted by Gasteiger charge is -2.01. The van der Waals surface area contributed by atoms with Crippen LogP contribution in [0.2, 0.25) is 0 Å². The van der Waals surface area contributed by atoms with Gasteiger partial charge in [0.15, 0.2) is 4.77 Å². The van der Waals surface area contributed by atoms with Gasteiger partial charge in [0.2, 0.25) is 0 Å². The summed E-state index contributed by atoms with van der Waals surface area (Å²) in [6, 6.07) is 3.94. The number of aromatic nitrogens is 3. The summed E-state index contributed by atoms with van der Waals surface area (Å²) in [4.78, 5) is 10.2. The zero-order valence-electron chi connectivity index (χ0n) is 7.16. The molecule has 0 fully saturated rings. The minimum Gasteiger partial charge on any atom is -0.360 e. The number of hydrogen-bond donors (Lipinski definition) is 2. The van der Waals surface area contributed by atoms with Crippen LogP contribution in [-0.4, -0.2) is 15.0 Å². The minimum absolute atomic E-state index is 0.509. The Morgan fingerprint density at radius 3 is 3.00 bits per heavy atom. The molecule has 2 heterocycles. The van der Waals surface area contributed by atoms with E-state index >= 15 is 0 Å². The van der Waals surface area contributed by atoms with Gasteiger partial charge in [-0.25, -0.2) is 4.98 Å². The molecule has 0 aliphatic heterocycles. The van der Waals surface area contributed by atoms with E-state index < -0.39 is 0 Å². The van der Waals surface area contributed by atoms with Gasteiger partial charge in [-0.05, 0) is 36.8 Å². The van der Waals surface area contributed by atoms with E-state index in [0.29, 0.717) is 4.77 Å². The number of aryl methyl sites for hydroxylation is 1. The van der Waals surface area contributed by atoms with E-state index in [2.05, 4.69) is 15.0 Å². The number of H-pyrrole nitrogens is 2. The fourth-order valence-electron chi connectivity index (χ4n) is 1.22. The molecule has 0 aromatic carbocycles. The van der Waals surface area contributed by atoms with E-state index in [1.807, 2.05) is 25.3 Å². The summed E-state index contributed by atoms with van der Waals surface area (Å²) < 4.78 is 0.509. The smallest absolute Gasteiger partial charge is 0.197 e. The van der Waals surface area contributed by atoms with Crippen LogP contribution in [0, 0.1) is 11.7 Å². The fourth-order valence-corrected chi connectivity index (χ4v) is 1.38. The Labute approximate surface area is 80.9 Å². The first-order valence-corrected chi connectivity index (χ1v) is 4.38. The Morgan fingerprint density at radius 2 is 2.31 bits per heavy atom. The van der Waals surface area contributed by atoms with E-state index in [1.165, 1.54) is 0 Å². The van der Waals surface area contributed by atoms with Gasteiger partial charge in [0.25, 0.3) is 0 Å². The predicted molar refractivity (Wildman–Crippen MR) is 53.9 cm³/mol. The number of nitrogens with zero attached hydrogens (tertiary/aromatic N) is 1. The standard InChI is InChI=1S/C9H9N3S/c1-6-5-11-9(13)12-8(6)7-3-2-4-10-7/h2-5,10H,1H3,(H,11,12,13). The molecule has 0 radical (unpaired) electrons. The Kier molecular flexibility index (Phi) is 1.98. The highest BCUT2D eigenvalue weighted by Gasteiger charge is 2.01. The van der Waals surface area contributed by atoms with Gasteiger partial charge in [-0.15, -0.1) is 0 Å². The van der Waals surface area contributed by atoms with Gasteiger partial charge in [0.05, 0.1) is 11.4 Å². The van der Waals surface area contributed by atoms with Crippen LogP contribution in [0.5, 0.6) is 0 Å². The number of rotatable bonds is 1. The van der Waals surface area contributed by atoms with Crippen LogP contribution in [0.25, 0.3) is 11.4 Å². The highest BCUT2D eigenvalue weighted by atomic mass is 32.1. The largest absolute Gasteiger partial charge is 0.360 e. The average Bonchev–Trinajstić information content (AvgIpc) is 2.61. The van der Waals surface area contributed by atoms with Gasteiger partial charge in [0.1, 0.15) is 0 Å². The van der Waals surface area contributed by atoms with Gasteiger partial charge in [-0.3, -0.25) is 0 Å². The summed E-state index contributed by atoms with van der Waals surface area (Å²) in [5.74, 6) is 0. The van der Waals surface area contributed by atoms with Crippen molar-refractivity contribution in [3.05, 3.63) is 34.9 Å². The molecule has 2 N–H and O–H groups in total. The second-order valence-corrected chi connectivity index (χ2v) is 3.22. The average molecular weight is 191 g/mol. The van der Waals surface area contributed by atoms with E-state index in [4.69, 9.17) is 12.2 Å². The summed E-state index contributed by atoms with van der Waals surface area (Å²) >= 11 is 4.95. The summed E-state index contributed by atoms with van der Waals surface area (Å²) in [6.45, 7) is 1.99. The van der Waals surface area contributed by atoms with Crippen LogP contribution >= 0.6 is 12.2 Å². The second kappa shape index (κ2) is 3.14. The number of hydrogen-bond acceptors (Lipinski definition) is 2. The summed E-state index contributed by atoms with van der Waals surface area (Å²) in [5.41, 5.74) is 3.12. The van der Waals surface area contributed by atoms with Crippen LogP contribution < -0.4 is 0 Å². The Hall–Kier alpha value is -1.42. The molecule has 3 nitrogen and oxygen atoms in total. The predicted octanol–water partition coefficient (Wildman–Crippen LogP) is 2.44. The SMILES string of the molecule is Cc1cnc(=S)[nH]c1-c1ccc[nH]1. The van der Waals surface area contributed by atoms with Gasteiger partial charge < -0.3 is 9.97 Å². The van der Waals surface area contributed by atoms with Crippen molar-refractivity contribution in [3.8, 4) is 11.4 Å². The third-order valence-electron chi connectivity index (χ3n) is 1.87. The van der Waals surface area contributed by atoms with Gasteiger partial charge in [-0.1, -0.05) is 0 Å². The van der Waals surface area contributed by atoms with Crippen LogP contribution in [0.15, 0.2) is 24.5 Å². The molecular formula is C9H9N3S. The number of aromatic amines is 2. The third-order valence-corrected chi connectivity index (χ3v) is 2.08.